The molecule has 8 heteroatoms. The van der Waals surface area contributed by atoms with Gasteiger partial charge in [0.1, 0.15) is 5.69 Å². The van der Waals surface area contributed by atoms with E-state index < -0.39 is 0 Å². The third kappa shape index (κ3) is 4.82. The number of hydrogen-bond donors (Lipinski definition) is 1. The fourth-order valence-electron chi connectivity index (χ4n) is 4.32. The molecule has 2 aliphatic rings. The van der Waals surface area contributed by atoms with Crippen molar-refractivity contribution < 1.29 is 14.3 Å². The summed E-state index contributed by atoms with van der Waals surface area (Å²) in [5.41, 5.74) is 2.75. The van der Waals surface area contributed by atoms with Crippen LogP contribution in [0.25, 0.3) is 0 Å². The standard InChI is InChI=1S/C21H26N4O3S/c26-19(17-2-7-22-8-3-17)23-9-1-16-4-12-28-21(13-16)5-10-25(11-6-21)20(27)18-14-29-15-24-18/h2-3,7-8,14-16H,1,4-6,9-13H2,(H,23,26). The predicted octanol–water partition coefficient (Wildman–Crippen LogP) is 2.76. The van der Waals surface area contributed by atoms with E-state index in [0.29, 0.717) is 36.8 Å². The van der Waals surface area contributed by atoms with Crippen LogP contribution < -0.4 is 5.32 Å². The number of aromatic nitrogens is 2. The molecular weight excluding hydrogens is 388 g/mol. The van der Waals surface area contributed by atoms with E-state index in [4.69, 9.17) is 4.74 Å². The predicted molar refractivity (Wildman–Crippen MR) is 110 cm³/mol. The molecule has 0 radical (unpaired) electrons. The molecule has 4 heterocycles. The van der Waals surface area contributed by atoms with Crippen molar-refractivity contribution in [1.82, 2.24) is 20.2 Å². The molecule has 2 amide bonds. The lowest BCUT2D eigenvalue weighted by molar-refractivity contribution is -0.124. The van der Waals surface area contributed by atoms with Crippen molar-refractivity contribution in [3.63, 3.8) is 0 Å². The quantitative estimate of drug-likeness (QED) is 0.813. The fourth-order valence-corrected chi connectivity index (χ4v) is 4.84. The molecule has 2 aromatic heterocycles. The van der Waals surface area contributed by atoms with Gasteiger partial charge in [-0.1, -0.05) is 0 Å². The summed E-state index contributed by atoms with van der Waals surface area (Å²) in [6.45, 7) is 2.84. The van der Waals surface area contributed by atoms with Gasteiger partial charge in [0.15, 0.2) is 0 Å². The average molecular weight is 415 g/mol. The molecule has 0 aliphatic carbocycles. The fraction of sp³-hybridized carbons (Fsp3) is 0.524. The molecule has 2 fully saturated rings. The Labute approximate surface area is 174 Å². The Balaban J connectivity index is 1.24. The number of amides is 2. The molecule has 154 valence electrons. The number of thiazole rings is 1. The van der Waals surface area contributed by atoms with Crippen LogP contribution in [0.5, 0.6) is 0 Å². The molecule has 1 spiro atoms. The Morgan fingerprint density at radius 3 is 2.79 bits per heavy atom. The van der Waals surface area contributed by atoms with Crippen LogP contribution in [-0.2, 0) is 4.74 Å². The van der Waals surface area contributed by atoms with Crippen molar-refractivity contribution in [2.24, 2.45) is 5.92 Å². The first-order valence-electron chi connectivity index (χ1n) is 10.1. The van der Waals surface area contributed by atoms with Crippen molar-refractivity contribution in [3.05, 3.63) is 46.7 Å². The van der Waals surface area contributed by atoms with Gasteiger partial charge in [0.05, 0.1) is 11.1 Å². The van der Waals surface area contributed by atoms with Gasteiger partial charge < -0.3 is 15.0 Å². The van der Waals surface area contributed by atoms with Gasteiger partial charge in [0.25, 0.3) is 11.8 Å². The zero-order valence-electron chi connectivity index (χ0n) is 16.4. The first-order valence-corrected chi connectivity index (χ1v) is 11.1. The third-order valence-corrected chi connectivity index (χ3v) is 6.58. The number of hydrogen-bond acceptors (Lipinski definition) is 6. The topological polar surface area (TPSA) is 84.4 Å². The zero-order valence-corrected chi connectivity index (χ0v) is 17.2. The van der Waals surface area contributed by atoms with Gasteiger partial charge in [0, 0.05) is 49.6 Å². The molecule has 0 saturated carbocycles. The summed E-state index contributed by atoms with van der Waals surface area (Å²) in [7, 11) is 0. The molecule has 7 nitrogen and oxygen atoms in total. The number of pyridine rings is 1. The lowest BCUT2D eigenvalue weighted by Crippen LogP contribution is -2.51. The van der Waals surface area contributed by atoms with Gasteiger partial charge in [-0.3, -0.25) is 14.6 Å². The van der Waals surface area contributed by atoms with Crippen LogP contribution in [0.3, 0.4) is 0 Å². The van der Waals surface area contributed by atoms with Gasteiger partial charge >= 0.3 is 0 Å². The highest BCUT2D eigenvalue weighted by Gasteiger charge is 2.41. The maximum atomic E-state index is 12.5. The van der Waals surface area contributed by atoms with Crippen LogP contribution in [0.2, 0.25) is 0 Å². The maximum Gasteiger partial charge on any atom is 0.273 e. The minimum absolute atomic E-state index is 0.0206. The second-order valence-corrected chi connectivity index (χ2v) is 8.56. The second kappa shape index (κ2) is 9.00. The van der Waals surface area contributed by atoms with E-state index in [-0.39, 0.29) is 17.4 Å². The van der Waals surface area contributed by atoms with E-state index in [2.05, 4.69) is 15.3 Å². The lowest BCUT2D eigenvalue weighted by atomic mass is 9.78. The molecule has 1 N–H and O–H groups in total. The van der Waals surface area contributed by atoms with E-state index in [1.165, 1.54) is 11.3 Å². The van der Waals surface area contributed by atoms with Crippen LogP contribution >= 0.6 is 11.3 Å². The SMILES string of the molecule is O=C(NCCC1CCOC2(CCN(C(=O)c3cscn3)CC2)C1)c1ccncc1. The number of likely N-dealkylation sites (tertiary alicyclic amines) is 1. The number of piperidine rings is 1. The van der Waals surface area contributed by atoms with Crippen LogP contribution in [0.1, 0.15) is 53.0 Å². The summed E-state index contributed by atoms with van der Waals surface area (Å²) in [5.74, 6) is 0.498. The van der Waals surface area contributed by atoms with Crippen LogP contribution in [-0.4, -0.2) is 58.5 Å². The Hall–Kier alpha value is -2.32. The summed E-state index contributed by atoms with van der Waals surface area (Å²) in [5, 5.41) is 4.81. The molecule has 1 atom stereocenters. The van der Waals surface area contributed by atoms with Crippen molar-refractivity contribution in [1.29, 1.82) is 0 Å². The largest absolute Gasteiger partial charge is 0.375 e. The summed E-state index contributed by atoms with van der Waals surface area (Å²) < 4.78 is 6.21. The van der Waals surface area contributed by atoms with Crippen molar-refractivity contribution in [3.8, 4) is 0 Å². The lowest BCUT2D eigenvalue weighted by Gasteiger charge is -2.46. The molecule has 4 rings (SSSR count). The van der Waals surface area contributed by atoms with Crippen LogP contribution in [0.15, 0.2) is 35.4 Å². The molecule has 2 aromatic rings. The van der Waals surface area contributed by atoms with Crippen molar-refractivity contribution >= 4 is 23.2 Å². The van der Waals surface area contributed by atoms with E-state index >= 15 is 0 Å². The first kappa shape index (κ1) is 20.0. The van der Waals surface area contributed by atoms with E-state index in [0.717, 1.165) is 38.7 Å². The van der Waals surface area contributed by atoms with Gasteiger partial charge in [-0.15, -0.1) is 11.3 Å². The van der Waals surface area contributed by atoms with Gasteiger partial charge in [0.2, 0.25) is 0 Å². The highest BCUT2D eigenvalue weighted by molar-refractivity contribution is 7.07. The molecule has 2 saturated heterocycles. The number of rotatable bonds is 5. The van der Waals surface area contributed by atoms with Gasteiger partial charge in [-0.25, -0.2) is 4.98 Å². The second-order valence-electron chi connectivity index (χ2n) is 7.84. The minimum atomic E-state index is -0.128. The smallest absolute Gasteiger partial charge is 0.273 e. The number of carbonyl (C=O) groups excluding carboxylic acids is 2. The highest BCUT2D eigenvalue weighted by Crippen LogP contribution is 2.38. The normalized spacial score (nSPS) is 21.1. The first-order chi connectivity index (χ1) is 14.2. The van der Waals surface area contributed by atoms with E-state index in [9.17, 15) is 9.59 Å². The Bertz CT molecular complexity index is 820. The molecule has 0 aromatic carbocycles. The third-order valence-electron chi connectivity index (χ3n) is 5.99. The highest BCUT2D eigenvalue weighted by atomic mass is 32.1. The molecule has 2 aliphatic heterocycles. The summed E-state index contributed by atoms with van der Waals surface area (Å²) in [6.07, 6.45) is 7.95. The van der Waals surface area contributed by atoms with Crippen molar-refractivity contribution in [2.75, 3.05) is 26.2 Å². The van der Waals surface area contributed by atoms with Crippen molar-refractivity contribution in [2.45, 2.75) is 37.7 Å². The van der Waals surface area contributed by atoms with Gasteiger partial charge in [-0.2, -0.15) is 0 Å². The van der Waals surface area contributed by atoms with Gasteiger partial charge in [-0.05, 0) is 50.2 Å². The average Bonchev–Trinajstić information content (AvgIpc) is 3.29. The minimum Gasteiger partial charge on any atom is -0.375 e. The summed E-state index contributed by atoms with van der Waals surface area (Å²) in [6, 6.07) is 3.44. The summed E-state index contributed by atoms with van der Waals surface area (Å²) >= 11 is 1.45. The van der Waals surface area contributed by atoms with Crippen LogP contribution in [0, 0.1) is 5.92 Å². The van der Waals surface area contributed by atoms with Crippen LogP contribution in [0.4, 0.5) is 0 Å². The Kier molecular flexibility index (Phi) is 6.20. The number of nitrogens with zero attached hydrogens (tertiary/aromatic N) is 3. The number of ether oxygens (including phenoxy) is 1. The molecular formula is C21H26N4O3S. The Morgan fingerprint density at radius 2 is 2.07 bits per heavy atom. The molecule has 0 bridgehead atoms. The Morgan fingerprint density at radius 1 is 1.28 bits per heavy atom. The maximum absolute atomic E-state index is 12.5. The molecule has 1 unspecified atom stereocenters. The van der Waals surface area contributed by atoms with E-state index in [1.54, 1.807) is 35.4 Å². The number of nitrogens with one attached hydrogen (secondary N) is 1. The zero-order chi connectivity index (χ0) is 20.1. The van der Waals surface area contributed by atoms with E-state index in [1.807, 2.05) is 4.90 Å². The molecule has 29 heavy (non-hydrogen) atoms. The monoisotopic (exact) mass is 414 g/mol. The number of carbonyl (C=O) groups is 2. The summed E-state index contributed by atoms with van der Waals surface area (Å²) in [4.78, 5) is 34.6.